The molecule has 2 aromatic carbocycles. The monoisotopic (exact) mass is 362 g/mol. The number of benzene rings is 2. The lowest BCUT2D eigenvalue weighted by atomic mass is 10.1. The molecule has 3 aromatic rings. The Bertz CT molecular complexity index is 982. The maximum absolute atomic E-state index is 13.2. The molecule has 1 saturated carbocycles. The van der Waals surface area contributed by atoms with Crippen LogP contribution in [-0.4, -0.2) is 36.1 Å². The van der Waals surface area contributed by atoms with Gasteiger partial charge in [-0.1, -0.05) is 24.3 Å². The van der Waals surface area contributed by atoms with Crippen LogP contribution < -0.4 is 9.47 Å². The van der Waals surface area contributed by atoms with Crippen molar-refractivity contribution in [3.05, 3.63) is 65.9 Å². The summed E-state index contributed by atoms with van der Waals surface area (Å²) in [6.07, 6.45) is 2.07. The highest BCUT2D eigenvalue weighted by Crippen LogP contribution is 2.32. The highest BCUT2D eigenvalue weighted by molar-refractivity contribution is 5.95. The van der Waals surface area contributed by atoms with Gasteiger partial charge in [-0.2, -0.15) is 0 Å². The van der Waals surface area contributed by atoms with E-state index in [4.69, 9.17) is 9.47 Å². The molecular weight excluding hydrogens is 340 g/mol. The Balaban J connectivity index is 1.63. The van der Waals surface area contributed by atoms with Gasteiger partial charge in [0.2, 0.25) is 0 Å². The Morgan fingerprint density at radius 2 is 1.89 bits per heavy atom. The summed E-state index contributed by atoms with van der Waals surface area (Å²) in [5.74, 6) is 1.54. The van der Waals surface area contributed by atoms with E-state index in [1.165, 1.54) is 0 Å². The number of nitrogens with zero attached hydrogens (tertiary/aromatic N) is 2. The normalized spacial score (nSPS) is 13.4. The van der Waals surface area contributed by atoms with Crippen molar-refractivity contribution in [2.45, 2.75) is 25.4 Å². The maximum Gasteiger partial charge on any atom is 0.273 e. The number of pyridine rings is 1. The average molecular weight is 362 g/mol. The van der Waals surface area contributed by atoms with Crippen LogP contribution in [0.3, 0.4) is 0 Å². The third-order valence-corrected chi connectivity index (χ3v) is 4.90. The molecule has 5 nitrogen and oxygen atoms in total. The SMILES string of the molecule is COc1ccc2nc(C(=O)N(Cc3ccccc3OC)C3CC3)ccc2c1. The lowest BCUT2D eigenvalue weighted by Gasteiger charge is -2.23. The topological polar surface area (TPSA) is 51.7 Å². The summed E-state index contributed by atoms with van der Waals surface area (Å²) in [6, 6.07) is 17.5. The van der Waals surface area contributed by atoms with Gasteiger partial charge in [0.25, 0.3) is 5.91 Å². The smallest absolute Gasteiger partial charge is 0.273 e. The summed E-state index contributed by atoms with van der Waals surface area (Å²) in [5, 5.41) is 0.952. The van der Waals surface area contributed by atoms with Gasteiger partial charge in [-0.15, -0.1) is 0 Å². The van der Waals surface area contributed by atoms with Crippen molar-refractivity contribution in [2.75, 3.05) is 14.2 Å². The van der Waals surface area contributed by atoms with Gasteiger partial charge in [-0.3, -0.25) is 4.79 Å². The minimum atomic E-state index is -0.0406. The van der Waals surface area contributed by atoms with Crippen LogP contribution in [0.5, 0.6) is 11.5 Å². The molecule has 0 bridgehead atoms. The van der Waals surface area contributed by atoms with Crippen molar-refractivity contribution in [3.8, 4) is 11.5 Å². The summed E-state index contributed by atoms with van der Waals surface area (Å²) < 4.78 is 10.7. The van der Waals surface area contributed by atoms with Gasteiger partial charge in [0.1, 0.15) is 17.2 Å². The van der Waals surface area contributed by atoms with Gasteiger partial charge < -0.3 is 14.4 Å². The zero-order chi connectivity index (χ0) is 18.8. The molecule has 0 atom stereocenters. The molecule has 1 amide bonds. The molecule has 0 spiro atoms. The number of hydrogen-bond donors (Lipinski definition) is 0. The van der Waals surface area contributed by atoms with Gasteiger partial charge in [0.05, 0.1) is 19.7 Å². The van der Waals surface area contributed by atoms with E-state index in [9.17, 15) is 4.79 Å². The zero-order valence-corrected chi connectivity index (χ0v) is 15.5. The second-order valence-electron chi connectivity index (χ2n) is 6.73. The van der Waals surface area contributed by atoms with Crippen LogP contribution in [0.25, 0.3) is 10.9 Å². The summed E-state index contributed by atoms with van der Waals surface area (Å²) in [5.41, 5.74) is 2.26. The Morgan fingerprint density at radius 1 is 1.07 bits per heavy atom. The highest BCUT2D eigenvalue weighted by atomic mass is 16.5. The molecule has 1 fully saturated rings. The molecule has 4 rings (SSSR count). The zero-order valence-electron chi connectivity index (χ0n) is 15.5. The molecule has 0 aliphatic heterocycles. The van der Waals surface area contributed by atoms with Gasteiger partial charge in [0.15, 0.2) is 0 Å². The third kappa shape index (κ3) is 3.58. The molecule has 138 valence electrons. The number of rotatable bonds is 6. The fraction of sp³-hybridized carbons (Fsp3) is 0.273. The molecule has 27 heavy (non-hydrogen) atoms. The van der Waals surface area contributed by atoms with Crippen LogP contribution >= 0.6 is 0 Å². The number of carbonyl (C=O) groups is 1. The van der Waals surface area contributed by atoms with Gasteiger partial charge in [-0.05, 0) is 43.2 Å². The minimum Gasteiger partial charge on any atom is -0.497 e. The number of para-hydroxylation sites is 1. The number of ether oxygens (including phenoxy) is 2. The Morgan fingerprint density at radius 3 is 2.63 bits per heavy atom. The highest BCUT2D eigenvalue weighted by Gasteiger charge is 2.34. The number of fused-ring (bicyclic) bond motifs is 1. The predicted molar refractivity (Wildman–Crippen MR) is 104 cm³/mol. The molecule has 1 aromatic heterocycles. The van der Waals surface area contributed by atoms with Crippen molar-refractivity contribution < 1.29 is 14.3 Å². The van der Waals surface area contributed by atoms with E-state index in [0.717, 1.165) is 40.8 Å². The van der Waals surface area contributed by atoms with Crippen molar-refractivity contribution in [3.63, 3.8) is 0 Å². The summed E-state index contributed by atoms with van der Waals surface area (Å²) >= 11 is 0. The second-order valence-corrected chi connectivity index (χ2v) is 6.73. The largest absolute Gasteiger partial charge is 0.497 e. The standard InChI is InChI=1S/C22H22N2O3/c1-26-18-10-12-19-15(13-18)7-11-20(23-19)22(25)24(17-8-9-17)14-16-5-3-4-6-21(16)27-2/h3-7,10-13,17H,8-9,14H2,1-2H3. The van der Waals surface area contributed by atoms with Crippen LogP contribution in [0.15, 0.2) is 54.6 Å². The van der Waals surface area contributed by atoms with Crippen molar-refractivity contribution in [1.29, 1.82) is 0 Å². The van der Waals surface area contributed by atoms with Crippen molar-refractivity contribution >= 4 is 16.8 Å². The molecule has 5 heteroatoms. The fourth-order valence-corrected chi connectivity index (χ4v) is 3.27. The third-order valence-electron chi connectivity index (χ3n) is 4.90. The van der Waals surface area contributed by atoms with Crippen LogP contribution in [0.4, 0.5) is 0 Å². The quantitative estimate of drug-likeness (QED) is 0.664. The molecule has 0 N–H and O–H groups in total. The van der Waals surface area contributed by atoms with E-state index in [2.05, 4.69) is 4.98 Å². The average Bonchev–Trinajstić information content (AvgIpc) is 3.56. The van der Waals surface area contributed by atoms with E-state index >= 15 is 0 Å². The molecule has 1 heterocycles. The molecule has 1 aliphatic rings. The van der Waals surface area contributed by atoms with E-state index in [1.807, 2.05) is 53.4 Å². The van der Waals surface area contributed by atoms with E-state index in [0.29, 0.717) is 12.2 Å². The number of amides is 1. The molecule has 0 radical (unpaired) electrons. The first kappa shape index (κ1) is 17.3. The van der Waals surface area contributed by atoms with Gasteiger partial charge >= 0.3 is 0 Å². The molecular formula is C22H22N2O3. The number of carbonyl (C=O) groups excluding carboxylic acids is 1. The first-order valence-corrected chi connectivity index (χ1v) is 9.07. The molecule has 0 saturated heterocycles. The van der Waals surface area contributed by atoms with Crippen LogP contribution in [0, 0.1) is 0 Å². The first-order chi connectivity index (χ1) is 13.2. The Hall–Kier alpha value is -3.08. The van der Waals surface area contributed by atoms with Gasteiger partial charge in [0, 0.05) is 23.5 Å². The van der Waals surface area contributed by atoms with E-state index in [1.54, 1.807) is 20.3 Å². The lowest BCUT2D eigenvalue weighted by Crippen LogP contribution is -2.33. The van der Waals surface area contributed by atoms with Crippen molar-refractivity contribution in [2.24, 2.45) is 0 Å². The summed E-state index contributed by atoms with van der Waals surface area (Å²) in [6.45, 7) is 0.524. The molecule has 0 unspecified atom stereocenters. The number of hydrogen-bond acceptors (Lipinski definition) is 4. The predicted octanol–water partition coefficient (Wildman–Crippen LogP) is 4.06. The van der Waals surface area contributed by atoms with E-state index < -0.39 is 0 Å². The lowest BCUT2D eigenvalue weighted by molar-refractivity contribution is 0.0723. The van der Waals surface area contributed by atoms with Gasteiger partial charge in [-0.25, -0.2) is 4.98 Å². The molecule has 1 aliphatic carbocycles. The summed E-state index contributed by atoms with van der Waals surface area (Å²) in [4.78, 5) is 19.7. The van der Waals surface area contributed by atoms with Crippen LogP contribution in [-0.2, 0) is 6.54 Å². The Kier molecular flexibility index (Phi) is 4.67. The Labute approximate surface area is 158 Å². The number of methoxy groups -OCH3 is 2. The second kappa shape index (κ2) is 7.27. The van der Waals surface area contributed by atoms with Crippen molar-refractivity contribution in [1.82, 2.24) is 9.88 Å². The van der Waals surface area contributed by atoms with Crippen LogP contribution in [0.2, 0.25) is 0 Å². The maximum atomic E-state index is 13.2. The minimum absolute atomic E-state index is 0.0406. The number of aromatic nitrogens is 1. The van der Waals surface area contributed by atoms with E-state index in [-0.39, 0.29) is 11.9 Å². The summed E-state index contributed by atoms with van der Waals surface area (Å²) in [7, 11) is 3.29. The van der Waals surface area contributed by atoms with Crippen LogP contribution in [0.1, 0.15) is 28.9 Å². The first-order valence-electron chi connectivity index (χ1n) is 9.07. The fourth-order valence-electron chi connectivity index (χ4n) is 3.27.